The lowest BCUT2D eigenvalue weighted by molar-refractivity contribution is 0.0925. The topological polar surface area (TPSA) is 57.6 Å². The third kappa shape index (κ3) is 3.45. The van der Waals surface area contributed by atoms with Gasteiger partial charge in [-0.1, -0.05) is 104 Å². The van der Waals surface area contributed by atoms with Gasteiger partial charge >= 0.3 is 0 Å². The Morgan fingerprint density at radius 1 is 0.707 bits per heavy atom. The van der Waals surface area contributed by atoms with E-state index in [1.807, 2.05) is 60.7 Å². The molecule has 0 radical (unpaired) electrons. The standard InChI is InChI=1S/C36H28BrNO3/c1-35(2,20-10-6-5-7-11-20)26-18-25-30(29-24-13-9-8-12-23(24)28(39)19-27(29)36(25,3)4)32-31(26)33(40)38(34(32)41)22-16-14-21(37)15-17-22/h5-19,39H,1-4H3. The molecule has 1 aliphatic heterocycles. The Kier molecular flexibility index (Phi) is 5.42. The van der Waals surface area contributed by atoms with Crippen LogP contribution in [0.3, 0.4) is 0 Å². The molecule has 0 unspecified atom stereocenters. The summed E-state index contributed by atoms with van der Waals surface area (Å²) in [4.78, 5) is 30.3. The number of anilines is 1. The van der Waals surface area contributed by atoms with Crippen molar-refractivity contribution in [2.24, 2.45) is 0 Å². The Morgan fingerprint density at radius 2 is 1.29 bits per heavy atom. The zero-order valence-electron chi connectivity index (χ0n) is 23.2. The van der Waals surface area contributed by atoms with Crippen LogP contribution in [0.4, 0.5) is 5.69 Å². The number of amides is 2. The first-order valence-electron chi connectivity index (χ1n) is 13.7. The third-order valence-corrected chi connectivity index (χ3v) is 9.56. The lowest BCUT2D eigenvalue weighted by Crippen LogP contribution is -2.30. The normalized spacial score (nSPS) is 15.3. The second kappa shape index (κ2) is 8.64. The number of fused-ring (bicyclic) bond motifs is 7. The summed E-state index contributed by atoms with van der Waals surface area (Å²) >= 11 is 3.47. The number of phenols is 1. The number of hydrogen-bond acceptors (Lipinski definition) is 3. The number of benzene rings is 5. The van der Waals surface area contributed by atoms with Crippen LogP contribution in [0.25, 0.3) is 21.9 Å². The number of hydrogen-bond donors (Lipinski definition) is 1. The van der Waals surface area contributed by atoms with E-state index in [4.69, 9.17) is 0 Å². The summed E-state index contributed by atoms with van der Waals surface area (Å²) in [5, 5.41) is 12.6. The number of aromatic hydroxyl groups is 1. The average Bonchev–Trinajstić information content (AvgIpc) is 3.35. The summed E-state index contributed by atoms with van der Waals surface area (Å²) in [7, 11) is 0. The maximum atomic E-state index is 14.5. The number of carbonyl (C=O) groups is 2. The number of carbonyl (C=O) groups excluding carboxylic acids is 2. The van der Waals surface area contributed by atoms with Gasteiger partial charge in [-0.2, -0.15) is 0 Å². The van der Waals surface area contributed by atoms with Crippen molar-refractivity contribution in [3.8, 4) is 16.9 Å². The highest BCUT2D eigenvalue weighted by atomic mass is 79.9. The summed E-state index contributed by atoms with van der Waals surface area (Å²) in [6.45, 7) is 8.48. The predicted octanol–water partition coefficient (Wildman–Crippen LogP) is 8.74. The van der Waals surface area contributed by atoms with Gasteiger partial charge in [0.1, 0.15) is 5.75 Å². The van der Waals surface area contributed by atoms with E-state index in [0.717, 1.165) is 48.6 Å². The Morgan fingerprint density at radius 3 is 1.98 bits per heavy atom. The van der Waals surface area contributed by atoms with Crippen molar-refractivity contribution in [1.82, 2.24) is 0 Å². The summed E-state index contributed by atoms with van der Waals surface area (Å²) in [6, 6.07) is 29.1. The average molecular weight is 603 g/mol. The molecule has 0 bridgehead atoms. The molecule has 41 heavy (non-hydrogen) atoms. The monoisotopic (exact) mass is 601 g/mol. The molecule has 1 N–H and O–H groups in total. The Labute approximate surface area is 247 Å². The second-order valence-electron chi connectivity index (χ2n) is 12.0. The highest BCUT2D eigenvalue weighted by Crippen LogP contribution is 2.57. The molecule has 7 rings (SSSR count). The van der Waals surface area contributed by atoms with Gasteiger partial charge in [-0.15, -0.1) is 0 Å². The van der Waals surface area contributed by atoms with Crippen molar-refractivity contribution >= 4 is 44.2 Å². The van der Waals surface area contributed by atoms with E-state index < -0.39 is 10.8 Å². The molecular formula is C36H28BrNO3. The minimum absolute atomic E-state index is 0.209. The molecular weight excluding hydrogens is 574 g/mol. The molecule has 202 valence electrons. The van der Waals surface area contributed by atoms with Gasteiger partial charge in [-0.3, -0.25) is 9.59 Å². The number of nitrogens with zero attached hydrogens (tertiary/aromatic N) is 1. The van der Waals surface area contributed by atoms with Crippen molar-refractivity contribution in [1.29, 1.82) is 0 Å². The minimum atomic E-state index is -0.568. The highest BCUT2D eigenvalue weighted by molar-refractivity contribution is 9.10. The molecule has 0 saturated heterocycles. The zero-order chi connectivity index (χ0) is 28.8. The fourth-order valence-electron chi connectivity index (χ4n) is 6.78. The first kappa shape index (κ1) is 25.7. The van der Waals surface area contributed by atoms with Gasteiger partial charge in [0.05, 0.1) is 16.8 Å². The molecule has 1 heterocycles. The maximum Gasteiger partial charge on any atom is 0.266 e. The van der Waals surface area contributed by atoms with Crippen LogP contribution in [0.5, 0.6) is 5.75 Å². The van der Waals surface area contributed by atoms with Crippen molar-refractivity contribution in [2.45, 2.75) is 38.5 Å². The van der Waals surface area contributed by atoms with E-state index in [-0.39, 0.29) is 17.6 Å². The van der Waals surface area contributed by atoms with Crippen LogP contribution in [-0.2, 0) is 10.8 Å². The van der Waals surface area contributed by atoms with Crippen LogP contribution >= 0.6 is 15.9 Å². The van der Waals surface area contributed by atoms with Crippen molar-refractivity contribution < 1.29 is 14.7 Å². The number of halogens is 1. The van der Waals surface area contributed by atoms with Crippen molar-refractivity contribution in [3.63, 3.8) is 0 Å². The maximum absolute atomic E-state index is 14.5. The minimum Gasteiger partial charge on any atom is -0.507 e. The van der Waals surface area contributed by atoms with Gasteiger partial charge in [0.2, 0.25) is 0 Å². The van der Waals surface area contributed by atoms with Crippen molar-refractivity contribution in [2.75, 3.05) is 4.90 Å². The number of rotatable bonds is 3. The summed E-state index contributed by atoms with van der Waals surface area (Å²) in [5.74, 6) is -0.431. The van der Waals surface area contributed by atoms with Crippen LogP contribution in [0.2, 0.25) is 0 Å². The van der Waals surface area contributed by atoms with Crippen LogP contribution in [0, 0.1) is 0 Å². The van der Waals surface area contributed by atoms with Gasteiger partial charge in [-0.05, 0) is 63.5 Å². The van der Waals surface area contributed by atoms with Gasteiger partial charge < -0.3 is 5.11 Å². The molecule has 5 aromatic carbocycles. The Bertz CT molecular complexity index is 1940. The van der Waals surface area contributed by atoms with Gasteiger partial charge in [0, 0.05) is 26.3 Å². The van der Waals surface area contributed by atoms with Crippen molar-refractivity contribution in [3.05, 3.63) is 129 Å². The lowest BCUT2D eigenvalue weighted by atomic mass is 9.72. The molecule has 0 spiro atoms. The largest absolute Gasteiger partial charge is 0.507 e. The smallest absolute Gasteiger partial charge is 0.266 e. The number of phenolic OH excluding ortho intramolecular Hbond substituents is 1. The molecule has 0 fully saturated rings. The fourth-order valence-corrected chi connectivity index (χ4v) is 7.04. The first-order valence-corrected chi connectivity index (χ1v) is 14.5. The van der Waals surface area contributed by atoms with Crippen LogP contribution in [0.1, 0.15) is 70.7 Å². The molecule has 4 nitrogen and oxygen atoms in total. The quantitative estimate of drug-likeness (QED) is 0.210. The summed E-state index contributed by atoms with van der Waals surface area (Å²) < 4.78 is 0.867. The van der Waals surface area contributed by atoms with Crippen LogP contribution < -0.4 is 4.90 Å². The van der Waals surface area contributed by atoms with E-state index in [1.165, 1.54) is 4.90 Å². The SMILES string of the molecule is CC(C)(c1ccccc1)c1cc2c(c3c1C(=O)N(c1ccc(Br)cc1)C3=O)-c1c(cc(O)c3ccccc13)C2(C)C. The molecule has 2 aliphatic rings. The molecule has 1 aliphatic carbocycles. The molecule has 0 aromatic heterocycles. The Balaban J connectivity index is 1.61. The summed E-state index contributed by atoms with van der Waals surface area (Å²) in [5.41, 5.74) is 5.86. The van der Waals surface area contributed by atoms with E-state index in [2.05, 4.69) is 61.8 Å². The van der Waals surface area contributed by atoms with Crippen LogP contribution in [-0.4, -0.2) is 16.9 Å². The number of imide groups is 1. The first-order chi connectivity index (χ1) is 19.5. The molecule has 0 saturated carbocycles. The Hall–Kier alpha value is -4.22. The van der Waals surface area contributed by atoms with Gasteiger partial charge in [0.15, 0.2) is 0 Å². The van der Waals surface area contributed by atoms with E-state index in [1.54, 1.807) is 12.1 Å². The second-order valence-corrected chi connectivity index (χ2v) is 12.9. The fraction of sp³-hybridized carbons (Fsp3) is 0.167. The highest BCUT2D eigenvalue weighted by Gasteiger charge is 2.49. The van der Waals surface area contributed by atoms with E-state index >= 15 is 0 Å². The van der Waals surface area contributed by atoms with Gasteiger partial charge in [0.25, 0.3) is 11.8 Å². The molecule has 5 aromatic rings. The lowest BCUT2D eigenvalue weighted by Gasteiger charge is -2.30. The molecule has 2 amide bonds. The third-order valence-electron chi connectivity index (χ3n) is 9.03. The molecule has 5 heteroatoms. The van der Waals surface area contributed by atoms with E-state index in [9.17, 15) is 14.7 Å². The summed E-state index contributed by atoms with van der Waals surface area (Å²) in [6.07, 6.45) is 0. The zero-order valence-corrected chi connectivity index (χ0v) is 24.8. The predicted molar refractivity (Wildman–Crippen MR) is 167 cm³/mol. The van der Waals surface area contributed by atoms with E-state index in [0.29, 0.717) is 16.8 Å². The molecule has 0 atom stereocenters. The van der Waals surface area contributed by atoms with Gasteiger partial charge in [-0.25, -0.2) is 4.90 Å². The van der Waals surface area contributed by atoms with Crippen LogP contribution in [0.15, 0.2) is 95.5 Å².